The van der Waals surface area contributed by atoms with Crippen LogP contribution in [0.15, 0.2) is 24.5 Å². The van der Waals surface area contributed by atoms with E-state index in [0.717, 1.165) is 41.0 Å². The van der Waals surface area contributed by atoms with Crippen LogP contribution >= 0.6 is 11.6 Å². The van der Waals surface area contributed by atoms with Crippen molar-refractivity contribution < 1.29 is 4.74 Å². The number of hydrogen-bond donors (Lipinski definition) is 0. The summed E-state index contributed by atoms with van der Waals surface area (Å²) in [5.41, 5.74) is 4.96. The highest BCUT2D eigenvalue weighted by molar-refractivity contribution is 6.30. The Morgan fingerprint density at radius 2 is 2.08 bits per heavy atom. The molecule has 0 aromatic carbocycles. The second-order valence-corrected chi connectivity index (χ2v) is 6.87. The van der Waals surface area contributed by atoms with Crippen molar-refractivity contribution in [2.45, 2.75) is 20.0 Å². The van der Waals surface area contributed by atoms with Gasteiger partial charge in [0.25, 0.3) is 0 Å². The molecule has 25 heavy (non-hydrogen) atoms. The van der Waals surface area contributed by atoms with E-state index >= 15 is 0 Å². The van der Waals surface area contributed by atoms with Crippen LogP contribution < -0.4 is 4.90 Å². The Labute approximate surface area is 151 Å². The lowest BCUT2D eigenvalue weighted by atomic mass is 10.1. The summed E-state index contributed by atoms with van der Waals surface area (Å²) in [5.74, 6) is 0. The molecule has 3 aromatic heterocycles. The fourth-order valence-corrected chi connectivity index (χ4v) is 3.41. The summed E-state index contributed by atoms with van der Waals surface area (Å²) in [4.78, 5) is 11.3. The second kappa shape index (κ2) is 6.28. The highest BCUT2D eigenvalue weighted by Gasteiger charge is 2.25. The first kappa shape index (κ1) is 16.3. The molecule has 0 N–H and O–H groups in total. The van der Waals surface area contributed by atoms with Crippen LogP contribution in [0.2, 0.25) is 5.15 Å². The zero-order valence-corrected chi connectivity index (χ0v) is 15.3. The van der Waals surface area contributed by atoms with Gasteiger partial charge in [0, 0.05) is 43.0 Å². The number of pyridine rings is 2. The van der Waals surface area contributed by atoms with E-state index < -0.39 is 0 Å². The number of nitrogens with zero attached hydrogens (tertiary/aromatic N) is 5. The molecule has 0 radical (unpaired) electrons. The van der Waals surface area contributed by atoms with Gasteiger partial charge in [-0.1, -0.05) is 11.6 Å². The van der Waals surface area contributed by atoms with Crippen LogP contribution in [-0.2, 0) is 11.8 Å². The molecule has 0 amide bonds. The molecule has 1 unspecified atom stereocenters. The summed E-state index contributed by atoms with van der Waals surface area (Å²) in [7, 11) is 1.91. The summed E-state index contributed by atoms with van der Waals surface area (Å²) < 4.78 is 7.75. The first-order valence-electron chi connectivity index (χ1n) is 8.31. The van der Waals surface area contributed by atoms with Gasteiger partial charge in [0.1, 0.15) is 11.3 Å². The van der Waals surface area contributed by atoms with Crippen LogP contribution in [0, 0.1) is 13.8 Å². The van der Waals surface area contributed by atoms with Gasteiger partial charge in [-0.05, 0) is 31.5 Å². The summed E-state index contributed by atoms with van der Waals surface area (Å²) in [6.07, 6.45) is 3.85. The van der Waals surface area contributed by atoms with Crippen LogP contribution in [-0.4, -0.2) is 39.4 Å². The zero-order valence-electron chi connectivity index (χ0n) is 14.5. The molecule has 0 aliphatic carbocycles. The number of morpholine rings is 1. The first-order chi connectivity index (χ1) is 12.0. The van der Waals surface area contributed by atoms with Gasteiger partial charge in [0.2, 0.25) is 0 Å². The van der Waals surface area contributed by atoms with E-state index in [9.17, 15) is 0 Å². The fraction of sp³-hybridized carbons (Fsp3) is 0.389. The minimum atomic E-state index is -0.0102. The average Bonchev–Trinajstić information content (AvgIpc) is 3.02. The van der Waals surface area contributed by atoms with E-state index in [0.29, 0.717) is 17.4 Å². The molecule has 7 heteroatoms. The Balaban J connectivity index is 1.74. The van der Waals surface area contributed by atoms with Crippen LogP contribution in [0.5, 0.6) is 0 Å². The Kier molecular flexibility index (Phi) is 4.09. The number of halogens is 1. The Bertz CT molecular complexity index is 939. The van der Waals surface area contributed by atoms with Crippen molar-refractivity contribution in [1.82, 2.24) is 19.7 Å². The van der Waals surface area contributed by atoms with Gasteiger partial charge in [-0.3, -0.25) is 4.68 Å². The lowest BCUT2D eigenvalue weighted by Crippen LogP contribution is -2.38. The SMILES string of the molecule is Cc1cc2c(N3CCOC(c4cnn(C)c4)C3)cc(Cl)nc2nc1C. The lowest BCUT2D eigenvalue weighted by Gasteiger charge is -2.34. The van der Waals surface area contributed by atoms with Gasteiger partial charge >= 0.3 is 0 Å². The predicted octanol–water partition coefficient (Wildman–Crippen LogP) is 3.21. The average molecular weight is 358 g/mol. The third kappa shape index (κ3) is 3.07. The van der Waals surface area contributed by atoms with Crippen LogP contribution in [0.1, 0.15) is 22.9 Å². The molecule has 1 fully saturated rings. The summed E-state index contributed by atoms with van der Waals surface area (Å²) >= 11 is 6.27. The largest absolute Gasteiger partial charge is 0.370 e. The molecule has 4 rings (SSSR count). The summed E-state index contributed by atoms with van der Waals surface area (Å²) in [6, 6.07) is 4.07. The number of ether oxygens (including phenoxy) is 1. The van der Waals surface area contributed by atoms with E-state index in [-0.39, 0.29) is 6.10 Å². The predicted molar refractivity (Wildman–Crippen MR) is 98.1 cm³/mol. The first-order valence-corrected chi connectivity index (χ1v) is 8.68. The van der Waals surface area contributed by atoms with E-state index in [1.54, 1.807) is 4.68 Å². The minimum Gasteiger partial charge on any atom is -0.370 e. The maximum absolute atomic E-state index is 6.27. The molecule has 130 valence electrons. The Morgan fingerprint density at radius 1 is 1.24 bits per heavy atom. The zero-order chi connectivity index (χ0) is 17.6. The minimum absolute atomic E-state index is 0.0102. The van der Waals surface area contributed by atoms with Gasteiger partial charge in [-0.2, -0.15) is 5.10 Å². The maximum Gasteiger partial charge on any atom is 0.163 e. The number of fused-ring (bicyclic) bond motifs is 1. The number of aryl methyl sites for hydroxylation is 3. The monoisotopic (exact) mass is 357 g/mol. The molecule has 1 aliphatic heterocycles. The van der Waals surface area contributed by atoms with Gasteiger partial charge < -0.3 is 9.64 Å². The van der Waals surface area contributed by atoms with Gasteiger partial charge in [-0.25, -0.2) is 9.97 Å². The molecule has 4 heterocycles. The van der Waals surface area contributed by atoms with Crippen molar-refractivity contribution >= 4 is 28.3 Å². The normalized spacial score (nSPS) is 18.1. The van der Waals surface area contributed by atoms with Crippen molar-refractivity contribution in [3.63, 3.8) is 0 Å². The third-order valence-electron chi connectivity index (χ3n) is 4.69. The molecule has 1 atom stereocenters. The van der Waals surface area contributed by atoms with Crippen molar-refractivity contribution in [2.75, 3.05) is 24.6 Å². The van der Waals surface area contributed by atoms with Crippen LogP contribution in [0.3, 0.4) is 0 Å². The fourth-order valence-electron chi connectivity index (χ4n) is 3.23. The summed E-state index contributed by atoms with van der Waals surface area (Å²) in [5, 5.41) is 5.74. The van der Waals surface area contributed by atoms with Crippen molar-refractivity contribution in [3.8, 4) is 0 Å². The number of anilines is 1. The van der Waals surface area contributed by atoms with Gasteiger partial charge in [-0.15, -0.1) is 0 Å². The number of hydrogen-bond acceptors (Lipinski definition) is 5. The maximum atomic E-state index is 6.27. The number of aromatic nitrogens is 4. The number of rotatable bonds is 2. The van der Waals surface area contributed by atoms with Crippen LogP contribution in [0.25, 0.3) is 11.0 Å². The second-order valence-electron chi connectivity index (χ2n) is 6.48. The smallest absolute Gasteiger partial charge is 0.163 e. The van der Waals surface area contributed by atoms with Crippen molar-refractivity contribution in [1.29, 1.82) is 0 Å². The lowest BCUT2D eigenvalue weighted by molar-refractivity contribution is 0.0398. The van der Waals surface area contributed by atoms with Gasteiger partial charge in [0.15, 0.2) is 5.65 Å². The van der Waals surface area contributed by atoms with E-state index in [2.05, 4.69) is 33.0 Å². The molecular weight excluding hydrogens is 338 g/mol. The molecule has 0 spiro atoms. The quantitative estimate of drug-likeness (QED) is 0.659. The third-order valence-corrected chi connectivity index (χ3v) is 4.89. The molecule has 0 bridgehead atoms. The molecule has 3 aromatic rings. The van der Waals surface area contributed by atoms with Crippen molar-refractivity contribution in [3.05, 3.63) is 46.5 Å². The van der Waals surface area contributed by atoms with E-state index in [4.69, 9.17) is 16.3 Å². The molecule has 6 nitrogen and oxygen atoms in total. The Morgan fingerprint density at radius 3 is 2.84 bits per heavy atom. The highest BCUT2D eigenvalue weighted by Crippen LogP contribution is 2.32. The van der Waals surface area contributed by atoms with Crippen molar-refractivity contribution in [2.24, 2.45) is 7.05 Å². The van der Waals surface area contributed by atoms with Crippen LogP contribution in [0.4, 0.5) is 5.69 Å². The van der Waals surface area contributed by atoms with Gasteiger partial charge in [0.05, 0.1) is 18.5 Å². The standard InChI is InChI=1S/C18H20ClN5O/c1-11-6-14-15(7-17(19)22-18(14)21-12(11)2)24-4-5-25-16(10-24)13-8-20-23(3)9-13/h6-9,16H,4-5,10H2,1-3H3. The summed E-state index contributed by atoms with van der Waals surface area (Å²) in [6.45, 7) is 6.26. The molecule has 1 saturated heterocycles. The Hall–Kier alpha value is -2.18. The molecule has 0 saturated carbocycles. The highest BCUT2D eigenvalue weighted by atomic mass is 35.5. The van der Waals surface area contributed by atoms with E-state index in [1.807, 2.05) is 32.4 Å². The molecule has 1 aliphatic rings. The topological polar surface area (TPSA) is 56.1 Å². The van der Waals surface area contributed by atoms with E-state index in [1.165, 1.54) is 0 Å². The molecular formula is C18H20ClN5O.